The summed E-state index contributed by atoms with van der Waals surface area (Å²) in [7, 11) is 3.91. The van der Waals surface area contributed by atoms with Gasteiger partial charge in [-0.25, -0.2) is 0 Å². The summed E-state index contributed by atoms with van der Waals surface area (Å²) >= 11 is 0. The van der Waals surface area contributed by atoms with E-state index in [1.54, 1.807) is 4.90 Å². The van der Waals surface area contributed by atoms with E-state index in [1.807, 2.05) is 43.3 Å². The maximum atomic E-state index is 11.9. The normalized spacial score (nSPS) is 16.2. The van der Waals surface area contributed by atoms with Crippen LogP contribution in [-0.4, -0.2) is 39.0 Å². The molecule has 18 heavy (non-hydrogen) atoms. The first-order valence-electron chi connectivity index (χ1n) is 5.92. The minimum atomic E-state index is -0.0744. The van der Waals surface area contributed by atoms with Crippen LogP contribution in [0.25, 0.3) is 0 Å². The lowest BCUT2D eigenvalue weighted by Gasteiger charge is -2.22. The van der Waals surface area contributed by atoms with E-state index in [1.165, 1.54) is 0 Å². The van der Waals surface area contributed by atoms with E-state index in [2.05, 4.69) is 5.32 Å². The molecule has 1 heterocycles. The van der Waals surface area contributed by atoms with Crippen LogP contribution < -0.4 is 15.1 Å². The molecule has 0 saturated carbocycles. The summed E-state index contributed by atoms with van der Waals surface area (Å²) in [5, 5.41) is 2.59. The van der Waals surface area contributed by atoms with Crippen LogP contribution in [0.4, 0.5) is 11.4 Å². The minimum Gasteiger partial charge on any atom is -0.378 e. The first-order chi connectivity index (χ1) is 8.58. The zero-order chi connectivity index (χ0) is 13.1. The van der Waals surface area contributed by atoms with Crippen LogP contribution in [0.3, 0.4) is 0 Å². The molecule has 1 aliphatic rings. The van der Waals surface area contributed by atoms with E-state index < -0.39 is 0 Å². The Balaban J connectivity index is 2.26. The topological polar surface area (TPSA) is 52.6 Å². The Labute approximate surface area is 106 Å². The Kier molecular flexibility index (Phi) is 3.50. The second-order valence-corrected chi connectivity index (χ2v) is 4.49. The predicted octanol–water partition coefficient (Wildman–Crippen LogP) is 0.605. The van der Waals surface area contributed by atoms with Crippen molar-refractivity contribution in [3.63, 3.8) is 0 Å². The largest absolute Gasteiger partial charge is 0.378 e. The van der Waals surface area contributed by atoms with Crippen LogP contribution in [0, 0.1) is 0 Å². The Morgan fingerprint density at radius 2 is 2.06 bits per heavy atom. The Hall–Kier alpha value is -2.04. The number of carbonyl (C=O) groups is 2. The summed E-state index contributed by atoms with van der Waals surface area (Å²) < 4.78 is 0. The van der Waals surface area contributed by atoms with Gasteiger partial charge in [0.15, 0.2) is 0 Å². The molecule has 5 nitrogen and oxygen atoms in total. The van der Waals surface area contributed by atoms with Crippen LogP contribution in [0.2, 0.25) is 0 Å². The number of amides is 2. The van der Waals surface area contributed by atoms with Crippen molar-refractivity contribution in [1.82, 2.24) is 5.32 Å². The van der Waals surface area contributed by atoms with E-state index in [0.29, 0.717) is 13.0 Å². The number of anilines is 2. The van der Waals surface area contributed by atoms with Crippen molar-refractivity contribution < 1.29 is 9.59 Å². The smallest absolute Gasteiger partial charge is 0.246 e. The second-order valence-electron chi connectivity index (χ2n) is 4.49. The molecule has 1 aliphatic heterocycles. The number of hydrogen-bond donors (Lipinski definition) is 1. The minimum absolute atomic E-state index is 0.0724. The van der Waals surface area contributed by atoms with Crippen LogP contribution >= 0.6 is 0 Å². The first kappa shape index (κ1) is 12.4. The van der Waals surface area contributed by atoms with E-state index in [-0.39, 0.29) is 18.4 Å². The summed E-state index contributed by atoms with van der Waals surface area (Å²) in [4.78, 5) is 26.9. The van der Waals surface area contributed by atoms with Gasteiger partial charge >= 0.3 is 0 Å². The lowest BCUT2D eigenvalue weighted by atomic mass is 10.2. The predicted molar refractivity (Wildman–Crippen MR) is 70.7 cm³/mol. The number of hydrogen-bond acceptors (Lipinski definition) is 3. The number of nitrogens with zero attached hydrogens (tertiary/aromatic N) is 2. The molecule has 1 aromatic rings. The van der Waals surface area contributed by atoms with Crippen molar-refractivity contribution in [2.75, 3.05) is 37.0 Å². The summed E-state index contributed by atoms with van der Waals surface area (Å²) in [5.41, 5.74) is 1.87. The molecule has 0 bridgehead atoms. The van der Waals surface area contributed by atoms with Crippen LogP contribution in [0.5, 0.6) is 0 Å². The molecule has 2 amide bonds. The SMILES string of the molecule is CN(C)c1cccc(N2CCC(=O)NCC2=O)c1. The third-order valence-corrected chi connectivity index (χ3v) is 2.96. The van der Waals surface area contributed by atoms with Crippen molar-refractivity contribution in [2.24, 2.45) is 0 Å². The standard InChI is InChI=1S/C13H17N3O2/c1-15(2)10-4-3-5-11(8-10)16-7-6-12(17)14-9-13(16)18/h3-5,8H,6-7,9H2,1-2H3,(H,14,17). The number of nitrogens with one attached hydrogen (secondary N) is 1. The molecule has 0 unspecified atom stereocenters. The van der Waals surface area contributed by atoms with Gasteiger partial charge in [-0.1, -0.05) is 6.07 Å². The lowest BCUT2D eigenvalue weighted by molar-refractivity contribution is -0.123. The molecule has 1 fully saturated rings. The Morgan fingerprint density at radius 1 is 1.28 bits per heavy atom. The quantitative estimate of drug-likeness (QED) is 0.833. The van der Waals surface area contributed by atoms with E-state index in [9.17, 15) is 9.59 Å². The maximum Gasteiger partial charge on any atom is 0.246 e. The highest BCUT2D eigenvalue weighted by Crippen LogP contribution is 2.22. The lowest BCUT2D eigenvalue weighted by Crippen LogP contribution is -2.35. The van der Waals surface area contributed by atoms with Gasteiger partial charge in [-0.3, -0.25) is 9.59 Å². The molecule has 2 rings (SSSR count). The monoisotopic (exact) mass is 247 g/mol. The highest BCUT2D eigenvalue weighted by Gasteiger charge is 2.21. The van der Waals surface area contributed by atoms with Gasteiger partial charge in [0.05, 0.1) is 6.54 Å². The van der Waals surface area contributed by atoms with Gasteiger partial charge < -0.3 is 15.1 Å². The van der Waals surface area contributed by atoms with Crippen LogP contribution in [-0.2, 0) is 9.59 Å². The Morgan fingerprint density at radius 3 is 2.78 bits per heavy atom. The molecule has 0 radical (unpaired) electrons. The summed E-state index contributed by atoms with van der Waals surface area (Å²) in [5.74, 6) is -0.147. The van der Waals surface area contributed by atoms with E-state index in [4.69, 9.17) is 0 Å². The first-order valence-corrected chi connectivity index (χ1v) is 5.92. The van der Waals surface area contributed by atoms with Gasteiger partial charge in [-0.15, -0.1) is 0 Å². The fourth-order valence-corrected chi connectivity index (χ4v) is 1.91. The highest BCUT2D eigenvalue weighted by molar-refractivity contribution is 5.99. The third kappa shape index (κ3) is 2.61. The number of carbonyl (C=O) groups excluding carboxylic acids is 2. The zero-order valence-corrected chi connectivity index (χ0v) is 10.6. The third-order valence-electron chi connectivity index (χ3n) is 2.96. The average Bonchev–Trinajstić information content (AvgIpc) is 2.52. The van der Waals surface area contributed by atoms with Crippen molar-refractivity contribution >= 4 is 23.2 Å². The molecular weight excluding hydrogens is 230 g/mol. The van der Waals surface area contributed by atoms with Gasteiger partial charge in [0.1, 0.15) is 0 Å². The summed E-state index contributed by atoms with van der Waals surface area (Å²) in [6, 6.07) is 7.74. The molecule has 5 heteroatoms. The van der Waals surface area contributed by atoms with Crippen molar-refractivity contribution in [3.8, 4) is 0 Å². The van der Waals surface area contributed by atoms with Gasteiger partial charge in [0.25, 0.3) is 0 Å². The van der Waals surface area contributed by atoms with Crippen molar-refractivity contribution in [2.45, 2.75) is 6.42 Å². The summed E-state index contributed by atoms with van der Waals surface area (Å²) in [6.45, 7) is 0.507. The average molecular weight is 247 g/mol. The molecule has 1 aromatic carbocycles. The van der Waals surface area contributed by atoms with Gasteiger partial charge in [0, 0.05) is 38.4 Å². The molecule has 1 N–H and O–H groups in total. The summed E-state index contributed by atoms with van der Waals surface area (Å²) in [6.07, 6.45) is 0.345. The maximum absolute atomic E-state index is 11.9. The molecule has 0 aliphatic carbocycles. The molecule has 96 valence electrons. The van der Waals surface area contributed by atoms with E-state index >= 15 is 0 Å². The number of rotatable bonds is 2. The van der Waals surface area contributed by atoms with Crippen LogP contribution in [0.15, 0.2) is 24.3 Å². The zero-order valence-electron chi connectivity index (χ0n) is 10.6. The molecule has 0 spiro atoms. The van der Waals surface area contributed by atoms with Crippen molar-refractivity contribution in [1.29, 1.82) is 0 Å². The highest BCUT2D eigenvalue weighted by atomic mass is 16.2. The Bertz CT molecular complexity index is 471. The number of benzene rings is 1. The van der Waals surface area contributed by atoms with Crippen LogP contribution in [0.1, 0.15) is 6.42 Å². The second kappa shape index (κ2) is 5.08. The molecule has 0 atom stereocenters. The fraction of sp³-hybridized carbons (Fsp3) is 0.385. The molecule has 1 saturated heterocycles. The van der Waals surface area contributed by atoms with Gasteiger partial charge in [-0.2, -0.15) is 0 Å². The van der Waals surface area contributed by atoms with Crippen molar-refractivity contribution in [3.05, 3.63) is 24.3 Å². The molecular formula is C13H17N3O2. The molecule has 0 aromatic heterocycles. The fourth-order valence-electron chi connectivity index (χ4n) is 1.91. The van der Waals surface area contributed by atoms with Gasteiger partial charge in [0.2, 0.25) is 11.8 Å². The van der Waals surface area contributed by atoms with Gasteiger partial charge in [-0.05, 0) is 18.2 Å². The van der Waals surface area contributed by atoms with E-state index in [0.717, 1.165) is 11.4 Å².